The molecule has 2 N–H and O–H groups in total. The van der Waals surface area contributed by atoms with Gasteiger partial charge in [-0.2, -0.15) is 9.49 Å². The summed E-state index contributed by atoms with van der Waals surface area (Å²) in [6.45, 7) is 1.89. The van der Waals surface area contributed by atoms with Gasteiger partial charge in [0.05, 0.1) is 17.4 Å². The Morgan fingerprint density at radius 2 is 1.67 bits per heavy atom. The largest absolute Gasteiger partial charge is 0.492 e. The molecule has 0 aliphatic heterocycles. The summed E-state index contributed by atoms with van der Waals surface area (Å²) < 4.78 is 50.1. The van der Waals surface area contributed by atoms with Crippen LogP contribution in [0, 0.1) is 17.6 Å². The fourth-order valence-corrected chi connectivity index (χ4v) is 4.60. The summed E-state index contributed by atoms with van der Waals surface area (Å²) in [5, 5.41) is 16.0. The van der Waals surface area contributed by atoms with E-state index < -0.39 is 23.7 Å². The Balaban J connectivity index is 1.62. The third-order valence-electron chi connectivity index (χ3n) is 6.79. The maximum Gasteiger partial charge on any atom is 0.407 e. The summed E-state index contributed by atoms with van der Waals surface area (Å²) in [4.78, 5) is 25.8. The van der Waals surface area contributed by atoms with E-state index in [1.807, 2.05) is 0 Å². The number of halogens is 3. The number of likely N-dealkylation sites (N-methyl/N-ethyl adjacent to an activating group) is 1. The van der Waals surface area contributed by atoms with Crippen molar-refractivity contribution in [3.05, 3.63) is 107 Å². The van der Waals surface area contributed by atoms with Crippen LogP contribution in [0.2, 0.25) is 0 Å². The Hall–Kier alpha value is -5.06. The highest BCUT2D eigenvalue weighted by Crippen LogP contribution is 2.38. The number of carboxylic acid groups (broad SMARTS) is 1. The van der Waals surface area contributed by atoms with E-state index >= 15 is 0 Å². The number of aromatic nitrogens is 2. The highest BCUT2D eigenvalue weighted by molar-refractivity contribution is 6.00. The summed E-state index contributed by atoms with van der Waals surface area (Å²) in [5.41, 5.74) is 2.30. The summed E-state index contributed by atoms with van der Waals surface area (Å²) in [5.74, 6) is -1.86. The molecule has 11 heteroatoms. The zero-order chi connectivity index (χ0) is 31.1. The Morgan fingerprint density at radius 1 is 1.00 bits per heavy atom. The van der Waals surface area contributed by atoms with E-state index in [0.717, 1.165) is 4.90 Å². The van der Waals surface area contributed by atoms with Gasteiger partial charge in [-0.1, -0.05) is 37.3 Å². The molecule has 0 aliphatic carbocycles. The van der Waals surface area contributed by atoms with Crippen LogP contribution in [-0.2, 0) is 4.79 Å². The summed E-state index contributed by atoms with van der Waals surface area (Å²) in [6.07, 6.45) is 1.89. The molecule has 1 heterocycles. The average Bonchev–Trinajstić information content (AvgIpc) is 3.35. The van der Waals surface area contributed by atoms with E-state index in [9.17, 15) is 27.9 Å². The van der Waals surface area contributed by atoms with Gasteiger partial charge in [0.25, 0.3) is 0 Å². The van der Waals surface area contributed by atoms with Gasteiger partial charge in [0.2, 0.25) is 11.9 Å². The highest BCUT2D eigenvalue weighted by atomic mass is 19.1. The molecule has 0 fully saturated rings. The second kappa shape index (κ2) is 13.7. The smallest absolute Gasteiger partial charge is 0.407 e. The maximum absolute atomic E-state index is 15.0. The lowest BCUT2D eigenvalue weighted by Crippen LogP contribution is -2.33. The molecule has 0 saturated carbocycles. The number of carbonyl (C=O) groups is 2. The van der Waals surface area contributed by atoms with Crippen molar-refractivity contribution in [2.24, 2.45) is 0 Å². The average molecular weight is 593 g/mol. The number of nitrogens with one attached hydrogen (secondary N) is 1. The van der Waals surface area contributed by atoms with Crippen molar-refractivity contribution in [2.45, 2.75) is 13.3 Å². The Labute approximate surface area is 246 Å². The fraction of sp³-hybridized carbons (Fsp3) is 0.219. The van der Waals surface area contributed by atoms with Gasteiger partial charge < -0.3 is 19.6 Å². The SMILES string of the molecule is CCC(=C(c1ccc(OCCN(CC=CC(=O)N(C)C)C(=O)O)cc1)c1ccc2n[nH]c(F)c2c1)c1c(F)cccc1F. The van der Waals surface area contributed by atoms with Crippen LogP contribution in [0.15, 0.2) is 72.8 Å². The Morgan fingerprint density at radius 3 is 2.30 bits per heavy atom. The lowest BCUT2D eigenvalue weighted by Gasteiger charge is -2.19. The lowest BCUT2D eigenvalue weighted by atomic mass is 9.87. The van der Waals surface area contributed by atoms with Gasteiger partial charge in [-0.3, -0.25) is 9.89 Å². The molecule has 0 bridgehead atoms. The summed E-state index contributed by atoms with van der Waals surface area (Å²) in [6, 6.07) is 15.4. The minimum Gasteiger partial charge on any atom is -0.492 e. The minimum atomic E-state index is -1.16. The number of hydrogen-bond acceptors (Lipinski definition) is 4. The number of allylic oxidation sites excluding steroid dienone is 1. The van der Waals surface area contributed by atoms with Gasteiger partial charge >= 0.3 is 6.09 Å². The Bertz CT molecular complexity index is 1660. The predicted molar refractivity (Wildman–Crippen MR) is 158 cm³/mol. The van der Waals surface area contributed by atoms with E-state index in [1.165, 1.54) is 35.3 Å². The molecule has 0 saturated heterocycles. The van der Waals surface area contributed by atoms with E-state index in [1.54, 1.807) is 63.5 Å². The molecule has 1 aromatic heterocycles. The van der Waals surface area contributed by atoms with Gasteiger partial charge in [0, 0.05) is 32.3 Å². The first kappa shape index (κ1) is 30.9. The quantitative estimate of drug-likeness (QED) is 0.156. The third-order valence-corrected chi connectivity index (χ3v) is 6.79. The predicted octanol–water partition coefficient (Wildman–Crippen LogP) is 6.35. The third kappa shape index (κ3) is 7.24. The van der Waals surface area contributed by atoms with Crippen LogP contribution in [0.1, 0.15) is 30.0 Å². The molecule has 0 spiro atoms. The number of amides is 2. The molecule has 0 aliphatic rings. The van der Waals surface area contributed by atoms with Crippen LogP contribution in [0.4, 0.5) is 18.0 Å². The molecule has 4 rings (SSSR count). The molecular formula is C32H31F3N4O4. The second-order valence-electron chi connectivity index (χ2n) is 9.81. The number of hydrogen-bond donors (Lipinski definition) is 2. The minimum absolute atomic E-state index is 0.0133. The van der Waals surface area contributed by atoms with Gasteiger partial charge in [-0.15, -0.1) is 0 Å². The normalized spacial score (nSPS) is 12.0. The lowest BCUT2D eigenvalue weighted by molar-refractivity contribution is -0.123. The summed E-state index contributed by atoms with van der Waals surface area (Å²) in [7, 11) is 3.19. The van der Waals surface area contributed by atoms with Crippen molar-refractivity contribution in [1.29, 1.82) is 0 Å². The first-order valence-electron chi connectivity index (χ1n) is 13.5. The fourth-order valence-electron chi connectivity index (χ4n) is 4.60. The number of rotatable bonds is 11. The van der Waals surface area contributed by atoms with E-state index in [0.29, 0.717) is 33.5 Å². The molecule has 0 radical (unpaired) electrons. The zero-order valence-corrected chi connectivity index (χ0v) is 23.9. The summed E-state index contributed by atoms with van der Waals surface area (Å²) >= 11 is 0. The van der Waals surface area contributed by atoms with Crippen molar-refractivity contribution in [3.8, 4) is 5.75 Å². The van der Waals surface area contributed by atoms with Gasteiger partial charge in [0.15, 0.2) is 0 Å². The molecule has 4 aromatic rings. The number of nitrogens with zero attached hydrogens (tertiary/aromatic N) is 3. The molecule has 3 aromatic carbocycles. The molecule has 0 unspecified atom stereocenters. The number of carbonyl (C=O) groups excluding carboxylic acids is 1. The first-order valence-corrected chi connectivity index (χ1v) is 13.5. The van der Waals surface area contributed by atoms with Crippen molar-refractivity contribution in [1.82, 2.24) is 20.0 Å². The topological polar surface area (TPSA) is 98.8 Å². The molecule has 2 amide bonds. The first-order chi connectivity index (χ1) is 20.6. The monoisotopic (exact) mass is 592 g/mol. The van der Waals surface area contributed by atoms with Crippen molar-refractivity contribution in [3.63, 3.8) is 0 Å². The van der Waals surface area contributed by atoms with Crippen LogP contribution < -0.4 is 4.74 Å². The van der Waals surface area contributed by atoms with Crippen LogP contribution in [0.3, 0.4) is 0 Å². The van der Waals surface area contributed by atoms with Crippen molar-refractivity contribution in [2.75, 3.05) is 33.8 Å². The van der Waals surface area contributed by atoms with Gasteiger partial charge in [-0.25, -0.2) is 13.6 Å². The standard InChI is InChI=1S/C32H31F3N4O4/c1-4-23(30-25(33)7-5-8-26(30)34)29(21-12-15-27-24(19-21)31(35)37-36-27)20-10-13-22(14-11-20)43-18-17-39(32(41)42)16-6-9-28(40)38(2)3/h5-15,19H,4,16-18H2,1-3H3,(H,36,37)(H,41,42). The Kier molecular flexibility index (Phi) is 9.87. The van der Waals surface area contributed by atoms with Crippen molar-refractivity contribution < 1.29 is 32.6 Å². The van der Waals surface area contributed by atoms with E-state index in [-0.39, 0.29) is 43.0 Å². The molecule has 224 valence electrons. The van der Waals surface area contributed by atoms with Gasteiger partial charge in [0.1, 0.15) is 24.0 Å². The molecule has 43 heavy (non-hydrogen) atoms. The van der Waals surface area contributed by atoms with Crippen LogP contribution in [0.25, 0.3) is 22.0 Å². The van der Waals surface area contributed by atoms with Crippen LogP contribution >= 0.6 is 0 Å². The van der Waals surface area contributed by atoms with Crippen LogP contribution in [0.5, 0.6) is 5.75 Å². The number of aromatic amines is 1. The molecule has 0 atom stereocenters. The number of fused-ring (bicyclic) bond motifs is 1. The zero-order valence-electron chi connectivity index (χ0n) is 23.9. The van der Waals surface area contributed by atoms with Crippen LogP contribution in [-0.4, -0.2) is 70.9 Å². The van der Waals surface area contributed by atoms with E-state index in [2.05, 4.69) is 10.2 Å². The number of H-pyrrole nitrogens is 1. The number of ether oxygens (including phenoxy) is 1. The second-order valence-corrected chi connectivity index (χ2v) is 9.81. The highest BCUT2D eigenvalue weighted by Gasteiger charge is 2.20. The number of benzene rings is 3. The van der Waals surface area contributed by atoms with Crippen molar-refractivity contribution >= 4 is 34.0 Å². The molecule has 8 nitrogen and oxygen atoms in total. The van der Waals surface area contributed by atoms with Gasteiger partial charge in [-0.05, 0) is 65.1 Å². The maximum atomic E-state index is 15.0. The van der Waals surface area contributed by atoms with E-state index in [4.69, 9.17) is 4.74 Å². The molecular weight excluding hydrogens is 561 g/mol.